The van der Waals surface area contributed by atoms with Crippen LogP contribution in [0.2, 0.25) is 0 Å². The van der Waals surface area contributed by atoms with Crippen LogP contribution in [0.15, 0.2) is 24.3 Å². The van der Waals surface area contributed by atoms with Gasteiger partial charge in [-0.25, -0.2) is 4.39 Å². The molecule has 1 aromatic heterocycles. The number of H-pyrrole nitrogens is 1. The highest BCUT2D eigenvalue weighted by Gasteiger charge is 2.25. The molecule has 1 aliphatic heterocycles. The van der Waals surface area contributed by atoms with Crippen molar-refractivity contribution in [1.82, 2.24) is 15.5 Å². The van der Waals surface area contributed by atoms with E-state index in [-0.39, 0.29) is 11.7 Å². The maximum atomic E-state index is 13.9. The van der Waals surface area contributed by atoms with E-state index in [2.05, 4.69) is 20.4 Å². The van der Waals surface area contributed by atoms with E-state index in [0.717, 1.165) is 38.0 Å². The number of nitrogens with zero attached hydrogens (tertiary/aromatic N) is 2. The van der Waals surface area contributed by atoms with Gasteiger partial charge in [0.1, 0.15) is 5.82 Å². The number of nitrogens with one attached hydrogen (secondary N) is 2. The second kappa shape index (κ2) is 8.11. The van der Waals surface area contributed by atoms with Gasteiger partial charge in [-0.05, 0) is 55.7 Å². The van der Waals surface area contributed by atoms with Crippen LogP contribution in [-0.4, -0.2) is 35.7 Å². The minimum atomic E-state index is -0.176. The van der Waals surface area contributed by atoms with E-state index in [1.807, 2.05) is 12.1 Å². The predicted octanol–water partition coefficient (Wildman–Crippen LogP) is 3.00. The largest absolute Gasteiger partial charge is 0.369 e. The zero-order chi connectivity index (χ0) is 18.6. The van der Waals surface area contributed by atoms with Crippen molar-refractivity contribution in [2.45, 2.75) is 44.9 Å². The van der Waals surface area contributed by atoms with Crippen molar-refractivity contribution in [3.63, 3.8) is 0 Å². The van der Waals surface area contributed by atoms with Crippen LogP contribution in [0.3, 0.4) is 0 Å². The number of benzene rings is 1. The van der Waals surface area contributed by atoms with E-state index in [1.165, 1.54) is 30.2 Å². The quantitative estimate of drug-likeness (QED) is 0.822. The Hall–Kier alpha value is -2.37. The number of aromatic amines is 1. The van der Waals surface area contributed by atoms with Crippen LogP contribution < -0.4 is 10.2 Å². The Labute approximate surface area is 159 Å². The number of hydrogen-bond donors (Lipinski definition) is 2. The molecule has 1 atom stereocenters. The fourth-order valence-corrected chi connectivity index (χ4v) is 4.26. The van der Waals surface area contributed by atoms with Crippen LogP contribution in [0.4, 0.5) is 10.1 Å². The Bertz CT molecular complexity index is 803. The summed E-state index contributed by atoms with van der Waals surface area (Å²) in [7, 11) is 0. The molecule has 0 saturated carbocycles. The molecular formula is C21H27FN4O. The number of hydrogen-bond acceptors (Lipinski definition) is 3. The number of carbonyl (C=O) groups is 1. The Kier molecular flexibility index (Phi) is 5.41. The molecule has 27 heavy (non-hydrogen) atoms. The number of aryl methyl sites for hydroxylation is 2. The molecular weight excluding hydrogens is 343 g/mol. The van der Waals surface area contributed by atoms with Gasteiger partial charge in [0.05, 0.1) is 11.4 Å². The Morgan fingerprint density at radius 3 is 3.04 bits per heavy atom. The maximum Gasteiger partial charge on any atom is 0.220 e. The second-order valence-corrected chi connectivity index (χ2v) is 7.69. The monoisotopic (exact) mass is 370 g/mol. The highest BCUT2D eigenvalue weighted by Crippen LogP contribution is 2.26. The van der Waals surface area contributed by atoms with E-state index in [0.29, 0.717) is 31.0 Å². The number of rotatable bonds is 6. The van der Waals surface area contributed by atoms with Crippen LogP contribution in [0.25, 0.3) is 0 Å². The third kappa shape index (κ3) is 4.15. The minimum absolute atomic E-state index is 0.0758. The first-order chi connectivity index (χ1) is 13.2. The van der Waals surface area contributed by atoms with Crippen molar-refractivity contribution in [3.05, 3.63) is 47.0 Å². The van der Waals surface area contributed by atoms with E-state index < -0.39 is 0 Å². The molecule has 2 aromatic rings. The number of halogens is 1. The van der Waals surface area contributed by atoms with Gasteiger partial charge in [0.15, 0.2) is 0 Å². The lowest BCUT2D eigenvalue weighted by Crippen LogP contribution is -2.31. The molecule has 0 unspecified atom stereocenters. The molecule has 5 nitrogen and oxygen atoms in total. The summed E-state index contributed by atoms with van der Waals surface area (Å²) in [5.74, 6) is 0.267. The standard InChI is InChI=1S/C21H27FN4O/c22-17-6-2-4-8-20(17)26-12-11-15(14-26)13-23-21(27)10-9-19-16-5-1-3-7-18(16)24-25-19/h2,4,6,8,15H,1,3,5,7,9-14H2,(H,23,27)(H,24,25)/t15-/m0/s1. The lowest BCUT2D eigenvalue weighted by molar-refractivity contribution is -0.121. The number of para-hydroxylation sites is 1. The maximum absolute atomic E-state index is 13.9. The molecule has 1 amide bonds. The molecule has 1 saturated heterocycles. The van der Waals surface area contributed by atoms with Crippen molar-refractivity contribution in [2.24, 2.45) is 5.92 Å². The fourth-order valence-electron chi connectivity index (χ4n) is 4.26. The van der Waals surface area contributed by atoms with Crippen LogP contribution in [-0.2, 0) is 24.1 Å². The summed E-state index contributed by atoms with van der Waals surface area (Å²) in [6.07, 6.45) is 6.74. The molecule has 144 valence electrons. The molecule has 2 N–H and O–H groups in total. The molecule has 1 fully saturated rings. The summed E-state index contributed by atoms with van der Waals surface area (Å²) in [5, 5.41) is 10.6. The van der Waals surface area contributed by atoms with Crippen molar-refractivity contribution in [2.75, 3.05) is 24.5 Å². The summed E-state index contributed by atoms with van der Waals surface area (Å²) < 4.78 is 13.9. The minimum Gasteiger partial charge on any atom is -0.369 e. The summed E-state index contributed by atoms with van der Waals surface area (Å²) in [6.45, 7) is 2.28. The molecule has 1 aliphatic carbocycles. The molecule has 0 radical (unpaired) electrons. The van der Waals surface area contributed by atoms with E-state index in [1.54, 1.807) is 6.07 Å². The first-order valence-electron chi connectivity index (χ1n) is 10.0. The lowest BCUT2D eigenvalue weighted by Gasteiger charge is -2.19. The molecule has 0 bridgehead atoms. The fraction of sp³-hybridized carbons (Fsp3) is 0.524. The van der Waals surface area contributed by atoms with Crippen molar-refractivity contribution < 1.29 is 9.18 Å². The van der Waals surface area contributed by atoms with Crippen molar-refractivity contribution in [3.8, 4) is 0 Å². The van der Waals surface area contributed by atoms with Gasteiger partial charge in [-0.15, -0.1) is 0 Å². The third-order valence-corrected chi connectivity index (χ3v) is 5.80. The topological polar surface area (TPSA) is 61.0 Å². The Balaban J connectivity index is 1.22. The van der Waals surface area contributed by atoms with Gasteiger partial charge in [-0.1, -0.05) is 12.1 Å². The zero-order valence-electron chi connectivity index (χ0n) is 15.6. The zero-order valence-corrected chi connectivity index (χ0v) is 15.6. The van der Waals surface area contributed by atoms with Crippen molar-refractivity contribution >= 4 is 11.6 Å². The highest BCUT2D eigenvalue weighted by molar-refractivity contribution is 5.76. The number of anilines is 1. The summed E-state index contributed by atoms with van der Waals surface area (Å²) in [6, 6.07) is 6.89. The smallest absolute Gasteiger partial charge is 0.220 e. The SMILES string of the molecule is O=C(CCc1n[nH]c2c1CCCC2)NC[C@@H]1CCN(c2ccccc2F)C1. The summed E-state index contributed by atoms with van der Waals surface area (Å²) >= 11 is 0. The number of amides is 1. The molecule has 0 spiro atoms. The normalized spacial score (nSPS) is 19.1. The van der Waals surface area contributed by atoms with Crippen LogP contribution in [0, 0.1) is 11.7 Å². The van der Waals surface area contributed by atoms with Crippen molar-refractivity contribution in [1.29, 1.82) is 0 Å². The van der Waals surface area contributed by atoms with Gasteiger partial charge < -0.3 is 10.2 Å². The first kappa shape index (κ1) is 18.0. The van der Waals surface area contributed by atoms with E-state index >= 15 is 0 Å². The van der Waals surface area contributed by atoms with Gasteiger partial charge in [-0.3, -0.25) is 9.89 Å². The number of aromatic nitrogens is 2. The summed E-state index contributed by atoms with van der Waals surface area (Å²) in [5.41, 5.74) is 4.32. The number of carbonyl (C=O) groups excluding carboxylic acids is 1. The molecule has 6 heteroatoms. The van der Waals surface area contributed by atoms with Gasteiger partial charge in [0, 0.05) is 38.2 Å². The molecule has 4 rings (SSSR count). The van der Waals surface area contributed by atoms with Gasteiger partial charge in [0.2, 0.25) is 5.91 Å². The summed E-state index contributed by atoms with van der Waals surface area (Å²) in [4.78, 5) is 14.3. The predicted molar refractivity (Wildman–Crippen MR) is 103 cm³/mol. The highest BCUT2D eigenvalue weighted by atomic mass is 19.1. The van der Waals surface area contributed by atoms with Crippen LogP contribution in [0.1, 0.15) is 42.6 Å². The lowest BCUT2D eigenvalue weighted by atomic mass is 9.94. The van der Waals surface area contributed by atoms with Gasteiger partial charge in [-0.2, -0.15) is 5.10 Å². The third-order valence-electron chi connectivity index (χ3n) is 5.80. The van der Waals surface area contributed by atoms with Gasteiger partial charge in [0.25, 0.3) is 0 Å². The average molecular weight is 370 g/mol. The van der Waals surface area contributed by atoms with Gasteiger partial charge >= 0.3 is 0 Å². The Morgan fingerprint density at radius 1 is 1.30 bits per heavy atom. The first-order valence-corrected chi connectivity index (χ1v) is 10.0. The molecule has 2 aliphatic rings. The second-order valence-electron chi connectivity index (χ2n) is 7.69. The average Bonchev–Trinajstić information content (AvgIpc) is 3.32. The van der Waals surface area contributed by atoms with Crippen LogP contribution >= 0.6 is 0 Å². The molecule has 1 aromatic carbocycles. The number of fused-ring (bicyclic) bond motifs is 1. The van der Waals surface area contributed by atoms with E-state index in [4.69, 9.17) is 0 Å². The Morgan fingerprint density at radius 2 is 2.15 bits per heavy atom. The molecule has 2 heterocycles. The van der Waals surface area contributed by atoms with E-state index in [9.17, 15) is 9.18 Å². The van der Waals surface area contributed by atoms with Crippen LogP contribution in [0.5, 0.6) is 0 Å².